The Balaban J connectivity index is 1.58. The highest BCUT2D eigenvalue weighted by Crippen LogP contribution is 2.34. The number of carbonyl (C=O) groups excluding carboxylic acids is 2. The summed E-state index contributed by atoms with van der Waals surface area (Å²) in [5, 5.41) is 0. The van der Waals surface area contributed by atoms with Crippen LogP contribution in [-0.4, -0.2) is 38.7 Å². The molecule has 1 aliphatic heterocycles. The quantitative estimate of drug-likeness (QED) is 0.516. The number of carbonyl (C=O) groups is 2. The maximum absolute atomic E-state index is 13.2. The van der Waals surface area contributed by atoms with Gasteiger partial charge in [0.1, 0.15) is 11.3 Å². The third kappa shape index (κ3) is 4.50. The maximum atomic E-state index is 13.2. The number of rotatable bonds is 5. The second kappa shape index (κ2) is 8.19. The Labute approximate surface area is 187 Å². The molecule has 10 heteroatoms. The minimum atomic E-state index is -4.84. The zero-order valence-corrected chi connectivity index (χ0v) is 17.7. The predicted octanol–water partition coefficient (Wildman–Crippen LogP) is 4.79. The van der Waals surface area contributed by atoms with Crippen molar-refractivity contribution in [2.24, 2.45) is 0 Å². The van der Waals surface area contributed by atoms with Crippen molar-refractivity contribution < 1.29 is 27.5 Å². The van der Waals surface area contributed by atoms with Gasteiger partial charge in [-0.15, -0.1) is 13.2 Å². The molecule has 0 saturated carbocycles. The molecule has 1 aliphatic rings. The predicted molar refractivity (Wildman–Crippen MR) is 113 cm³/mol. The van der Waals surface area contributed by atoms with Gasteiger partial charge in [-0.3, -0.25) is 14.8 Å². The van der Waals surface area contributed by atoms with E-state index in [0.29, 0.717) is 11.4 Å². The zero-order chi connectivity index (χ0) is 23.8. The number of imide groups is 1. The number of aromatic nitrogens is 2. The van der Waals surface area contributed by atoms with Gasteiger partial charge in [-0.2, -0.15) is 0 Å². The summed E-state index contributed by atoms with van der Waals surface area (Å²) in [6.45, 7) is 3.37. The van der Waals surface area contributed by atoms with Crippen LogP contribution < -0.4 is 9.64 Å². The second-order valence-electron chi connectivity index (χ2n) is 7.87. The van der Waals surface area contributed by atoms with Crippen LogP contribution in [0.25, 0.3) is 11.4 Å². The molecule has 7 nitrogen and oxygen atoms in total. The fraction of sp³-hybridized carbons (Fsp3) is 0.217. The minimum Gasteiger partial charge on any atom is -0.406 e. The van der Waals surface area contributed by atoms with Crippen LogP contribution in [0.15, 0.2) is 67.0 Å². The monoisotopic (exact) mass is 456 g/mol. The summed E-state index contributed by atoms with van der Waals surface area (Å²) in [4.78, 5) is 37.2. The lowest BCUT2D eigenvalue weighted by Crippen LogP contribution is -2.43. The van der Waals surface area contributed by atoms with Crippen LogP contribution >= 0.6 is 0 Å². The lowest BCUT2D eigenvalue weighted by atomic mass is 10.0. The van der Waals surface area contributed by atoms with Crippen molar-refractivity contribution >= 4 is 17.6 Å². The summed E-state index contributed by atoms with van der Waals surface area (Å²) in [6.07, 6.45) is -1.58. The van der Waals surface area contributed by atoms with Crippen molar-refractivity contribution in [3.8, 4) is 17.1 Å². The van der Waals surface area contributed by atoms with Gasteiger partial charge in [0.15, 0.2) is 0 Å². The standard InChI is InChI=1S/C23H19F3N4O3/c1-22(2)20(31)30(16-6-8-17(9-7-16)33-23(24,25)26)21(32)29(22)14-15-10-12-28-19(13-15)18-5-3-4-11-27-18/h3-13H,14H2,1-2H3. The Bertz CT molecular complexity index is 1180. The normalized spacial score (nSPS) is 15.8. The average molecular weight is 456 g/mol. The van der Waals surface area contributed by atoms with Crippen LogP contribution in [0.1, 0.15) is 19.4 Å². The molecule has 1 aromatic carbocycles. The number of nitrogens with zero attached hydrogens (tertiary/aromatic N) is 4. The highest BCUT2D eigenvalue weighted by Gasteiger charge is 2.51. The molecule has 3 heterocycles. The number of anilines is 1. The first-order valence-corrected chi connectivity index (χ1v) is 9.94. The van der Waals surface area contributed by atoms with E-state index < -0.39 is 29.6 Å². The highest BCUT2D eigenvalue weighted by molar-refractivity contribution is 6.22. The van der Waals surface area contributed by atoms with Gasteiger partial charge in [-0.05, 0) is 67.9 Å². The van der Waals surface area contributed by atoms with E-state index >= 15 is 0 Å². The summed E-state index contributed by atoms with van der Waals surface area (Å²) >= 11 is 0. The van der Waals surface area contributed by atoms with E-state index in [1.54, 1.807) is 44.4 Å². The largest absolute Gasteiger partial charge is 0.573 e. The molecule has 170 valence electrons. The van der Waals surface area contributed by atoms with E-state index in [9.17, 15) is 22.8 Å². The molecule has 3 aromatic rings. The van der Waals surface area contributed by atoms with Gasteiger partial charge >= 0.3 is 12.4 Å². The van der Waals surface area contributed by atoms with Crippen LogP contribution in [0.3, 0.4) is 0 Å². The number of halogens is 3. The molecule has 1 fully saturated rings. The molecule has 0 aliphatic carbocycles. The van der Waals surface area contributed by atoms with Crippen molar-refractivity contribution in [1.82, 2.24) is 14.9 Å². The zero-order valence-electron chi connectivity index (χ0n) is 17.7. The van der Waals surface area contributed by atoms with Gasteiger partial charge in [0, 0.05) is 18.9 Å². The number of urea groups is 1. The van der Waals surface area contributed by atoms with E-state index in [1.165, 1.54) is 17.0 Å². The van der Waals surface area contributed by atoms with Gasteiger partial charge in [0.2, 0.25) is 0 Å². The molecular weight excluding hydrogens is 437 g/mol. The number of alkyl halides is 3. The van der Waals surface area contributed by atoms with Gasteiger partial charge in [-0.25, -0.2) is 9.69 Å². The molecule has 2 aromatic heterocycles. The van der Waals surface area contributed by atoms with Crippen LogP contribution in [0.4, 0.5) is 23.7 Å². The number of amides is 3. The van der Waals surface area contributed by atoms with E-state index in [4.69, 9.17) is 0 Å². The van der Waals surface area contributed by atoms with Gasteiger partial charge in [0.25, 0.3) is 5.91 Å². The Kier molecular flexibility index (Phi) is 5.52. The minimum absolute atomic E-state index is 0.131. The smallest absolute Gasteiger partial charge is 0.406 e. The fourth-order valence-corrected chi connectivity index (χ4v) is 3.54. The van der Waals surface area contributed by atoms with Crippen LogP contribution in [0, 0.1) is 0 Å². The summed E-state index contributed by atoms with van der Waals surface area (Å²) in [6, 6.07) is 13.0. The summed E-state index contributed by atoms with van der Waals surface area (Å²) in [5.41, 5.74) is 1.02. The first-order chi connectivity index (χ1) is 15.6. The van der Waals surface area contributed by atoms with Gasteiger partial charge in [0.05, 0.1) is 17.1 Å². The maximum Gasteiger partial charge on any atom is 0.573 e. The van der Waals surface area contributed by atoms with E-state index in [-0.39, 0.29) is 12.2 Å². The SMILES string of the molecule is CC1(C)C(=O)N(c2ccc(OC(F)(F)F)cc2)C(=O)N1Cc1ccnc(-c2ccccn2)c1. The van der Waals surface area contributed by atoms with E-state index in [1.807, 2.05) is 12.1 Å². The molecule has 0 unspecified atom stereocenters. The summed E-state index contributed by atoms with van der Waals surface area (Å²) in [7, 11) is 0. The lowest BCUT2D eigenvalue weighted by Gasteiger charge is -2.27. The molecule has 4 rings (SSSR count). The number of hydrogen-bond donors (Lipinski definition) is 0. The van der Waals surface area contributed by atoms with Crippen molar-refractivity contribution in [2.45, 2.75) is 32.3 Å². The second-order valence-corrected chi connectivity index (χ2v) is 7.87. The van der Waals surface area contributed by atoms with E-state index in [0.717, 1.165) is 22.6 Å². The topological polar surface area (TPSA) is 75.6 Å². The molecule has 0 spiro atoms. The number of hydrogen-bond acceptors (Lipinski definition) is 5. The van der Waals surface area contributed by atoms with Crippen molar-refractivity contribution in [3.05, 3.63) is 72.6 Å². The van der Waals surface area contributed by atoms with Gasteiger partial charge < -0.3 is 9.64 Å². The number of benzene rings is 1. The Hall–Kier alpha value is -3.95. The highest BCUT2D eigenvalue weighted by atomic mass is 19.4. The van der Waals surface area contributed by atoms with Crippen LogP contribution in [0.5, 0.6) is 5.75 Å². The molecule has 0 radical (unpaired) electrons. The first-order valence-electron chi connectivity index (χ1n) is 9.94. The molecule has 0 N–H and O–H groups in total. The molecule has 0 bridgehead atoms. The number of pyridine rings is 2. The molecular formula is C23H19F3N4O3. The van der Waals surface area contributed by atoms with Crippen molar-refractivity contribution in [1.29, 1.82) is 0 Å². The molecule has 0 atom stereocenters. The van der Waals surface area contributed by atoms with Gasteiger partial charge in [-0.1, -0.05) is 6.07 Å². The Morgan fingerprint density at radius 3 is 2.27 bits per heavy atom. The third-order valence-corrected chi connectivity index (χ3v) is 5.24. The lowest BCUT2D eigenvalue weighted by molar-refractivity contribution is -0.274. The Morgan fingerprint density at radius 2 is 1.64 bits per heavy atom. The summed E-state index contributed by atoms with van der Waals surface area (Å²) < 4.78 is 41.1. The fourth-order valence-electron chi connectivity index (χ4n) is 3.54. The molecule has 33 heavy (non-hydrogen) atoms. The van der Waals surface area contributed by atoms with Crippen molar-refractivity contribution in [3.63, 3.8) is 0 Å². The van der Waals surface area contributed by atoms with E-state index in [2.05, 4.69) is 14.7 Å². The number of ether oxygens (including phenoxy) is 1. The van der Waals surface area contributed by atoms with Crippen LogP contribution in [0.2, 0.25) is 0 Å². The van der Waals surface area contributed by atoms with Crippen LogP contribution in [-0.2, 0) is 11.3 Å². The molecule has 3 amide bonds. The third-order valence-electron chi connectivity index (χ3n) is 5.24. The van der Waals surface area contributed by atoms with Crippen molar-refractivity contribution in [2.75, 3.05) is 4.90 Å². The first kappa shape index (κ1) is 22.3. The Morgan fingerprint density at radius 1 is 0.939 bits per heavy atom. The molecule has 1 saturated heterocycles. The summed E-state index contributed by atoms with van der Waals surface area (Å²) in [5.74, 6) is -0.934. The average Bonchev–Trinajstić information content (AvgIpc) is 2.94.